The molecule has 0 amide bonds. The van der Waals surface area contributed by atoms with Crippen molar-refractivity contribution in [2.45, 2.75) is 24.7 Å². The van der Waals surface area contributed by atoms with Crippen LogP contribution in [-0.4, -0.2) is 44.0 Å². The molecule has 0 aromatic heterocycles. The lowest BCUT2D eigenvalue weighted by Gasteiger charge is -2.29. The van der Waals surface area contributed by atoms with Gasteiger partial charge in [-0.2, -0.15) is 4.31 Å². The maximum Gasteiger partial charge on any atom is 0.306 e. The summed E-state index contributed by atoms with van der Waals surface area (Å²) in [5.41, 5.74) is 0.829. The van der Waals surface area contributed by atoms with Crippen molar-refractivity contribution in [2.75, 3.05) is 20.2 Å². The van der Waals surface area contributed by atoms with E-state index in [1.807, 2.05) is 6.92 Å². The van der Waals surface area contributed by atoms with Crippen molar-refractivity contribution >= 4 is 16.0 Å². The summed E-state index contributed by atoms with van der Waals surface area (Å²) in [7, 11) is -2.23. The highest BCUT2D eigenvalue weighted by molar-refractivity contribution is 7.89. The minimum Gasteiger partial charge on any atom is -0.495 e. The molecule has 0 bridgehead atoms. The average Bonchev–Trinajstić information content (AvgIpc) is 2.47. The van der Waals surface area contributed by atoms with Crippen LogP contribution in [0.15, 0.2) is 23.1 Å². The molecule has 1 saturated heterocycles. The van der Waals surface area contributed by atoms with Gasteiger partial charge >= 0.3 is 5.97 Å². The van der Waals surface area contributed by atoms with Crippen LogP contribution in [0, 0.1) is 12.8 Å². The lowest BCUT2D eigenvalue weighted by atomic mass is 9.99. The number of piperidine rings is 1. The van der Waals surface area contributed by atoms with Crippen LogP contribution in [0.4, 0.5) is 0 Å². The molecule has 7 heteroatoms. The van der Waals surface area contributed by atoms with Gasteiger partial charge in [0.1, 0.15) is 10.6 Å². The normalized spacial score (nSPS) is 17.6. The molecule has 0 unspecified atom stereocenters. The van der Waals surface area contributed by atoms with Crippen LogP contribution >= 0.6 is 0 Å². The van der Waals surface area contributed by atoms with Gasteiger partial charge in [0.25, 0.3) is 0 Å². The second-order valence-corrected chi connectivity index (χ2v) is 7.08. The van der Waals surface area contributed by atoms with Crippen LogP contribution in [0.1, 0.15) is 18.4 Å². The summed E-state index contributed by atoms with van der Waals surface area (Å²) in [6.45, 7) is 2.25. The van der Waals surface area contributed by atoms with E-state index in [0.717, 1.165) is 5.56 Å². The summed E-state index contributed by atoms with van der Waals surface area (Å²) in [5, 5.41) is 8.97. The molecule has 1 aromatic carbocycles. The van der Waals surface area contributed by atoms with Gasteiger partial charge in [0.2, 0.25) is 10.0 Å². The number of sulfonamides is 1. The Morgan fingerprint density at radius 2 is 1.95 bits per heavy atom. The number of methoxy groups -OCH3 is 1. The number of benzene rings is 1. The highest BCUT2D eigenvalue weighted by atomic mass is 32.2. The first kappa shape index (κ1) is 15.8. The molecule has 1 heterocycles. The summed E-state index contributed by atoms with van der Waals surface area (Å²) < 4.78 is 31.9. The molecule has 0 spiro atoms. The van der Waals surface area contributed by atoms with Crippen LogP contribution in [-0.2, 0) is 14.8 Å². The molecular formula is C14H19NO5S. The number of aliphatic carboxylic acids is 1. The van der Waals surface area contributed by atoms with Crippen LogP contribution in [0.2, 0.25) is 0 Å². The minimum absolute atomic E-state index is 0.138. The third-order valence-corrected chi connectivity index (χ3v) is 5.66. The molecule has 6 nitrogen and oxygen atoms in total. The summed E-state index contributed by atoms with van der Waals surface area (Å²) in [5.74, 6) is -1.02. The van der Waals surface area contributed by atoms with Crippen LogP contribution in [0.3, 0.4) is 0 Å². The number of nitrogens with zero attached hydrogens (tertiary/aromatic N) is 1. The third kappa shape index (κ3) is 3.19. The van der Waals surface area contributed by atoms with Crippen molar-refractivity contribution in [3.05, 3.63) is 23.8 Å². The largest absolute Gasteiger partial charge is 0.495 e. The van der Waals surface area contributed by atoms with Crippen molar-refractivity contribution < 1.29 is 23.1 Å². The zero-order valence-electron chi connectivity index (χ0n) is 12.1. The van der Waals surface area contributed by atoms with Crippen molar-refractivity contribution in [3.8, 4) is 5.75 Å². The lowest BCUT2D eigenvalue weighted by molar-refractivity contribution is -0.142. The standard InChI is InChI=1S/C14H19NO5S/c1-10-3-4-12(20-2)13(9-10)21(18,19)15-7-5-11(6-8-15)14(16)17/h3-4,9,11H,5-8H2,1-2H3,(H,16,17). The number of hydrogen-bond acceptors (Lipinski definition) is 4. The SMILES string of the molecule is COc1ccc(C)cc1S(=O)(=O)N1CCC(C(=O)O)CC1. The molecule has 0 saturated carbocycles. The quantitative estimate of drug-likeness (QED) is 0.910. The van der Waals surface area contributed by atoms with Crippen LogP contribution in [0.25, 0.3) is 0 Å². The molecule has 0 radical (unpaired) electrons. The Bertz CT molecular complexity index is 633. The number of rotatable bonds is 4. The Balaban J connectivity index is 2.27. The highest BCUT2D eigenvalue weighted by Gasteiger charge is 2.33. The molecule has 1 aromatic rings. The fraction of sp³-hybridized carbons (Fsp3) is 0.500. The number of ether oxygens (including phenoxy) is 1. The molecule has 1 aliphatic heterocycles. The van der Waals surface area contributed by atoms with Gasteiger partial charge in [-0.25, -0.2) is 8.42 Å². The van der Waals surface area contributed by atoms with Crippen LogP contribution < -0.4 is 4.74 Å². The number of carbonyl (C=O) groups is 1. The highest BCUT2D eigenvalue weighted by Crippen LogP contribution is 2.30. The van der Waals surface area contributed by atoms with Gasteiger partial charge in [-0.1, -0.05) is 6.07 Å². The molecule has 1 aliphatic rings. The van der Waals surface area contributed by atoms with E-state index in [1.54, 1.807) is 18.2 Å². The summed E-state index contributed by atoms with van der Waals surface area (Å²) in [6.07, 6.45) is 0.672. The van der Waals surface area contributed by atoms with Gasteiger partial charge in [-0.3, -0.25) is 4.79 Å². The molecule has 0 atom stereocenters. The number of carboxylic acid groups (broad SMARTS) is 1. The maximum absolute atomic E-state index is 12.7. The Morgan fingerprint density at radius 1 is 1.33 bits per heavy atom. The predicted molar refractivity (Wildman–Crippen MR) is 76.8 cm³/mol. The first-order chi connectivity index (χ1) is 9.86. The van der Waals surface area contributed by atoms with E-state index >= 15 is 0 Å². The first-order valence-electron chi connectivity index (χ1n) is 6.74. The summed E-state index contributed by atoms with van der Waals surface area (Å²) in [6, 6.07) is 5.00. The molecule has 1 N–H and O–H groups in total. The van der Waals surface area contributed by atoms with E-state index in [9.17, 15) is 13.2 Å². The Morgan fingerprint density at radius 3 is 2.48 bits per heavy atom. The van der Waals surface area contributed by atoms with Crippen molar-refractivity contribution in [1.29, 1.82) is 0 Å². The van der Waals surface area contributed by atoms with E-state index in [2.05, 4.69) is 0 Å². The topological polar surface area (TPSA) is 83.9 Å². The monoisotopic (exact) mass is 313 g/mol. The molecule has 0 aliphatic carbocycles. The van der Waals surface area contributed by atoms with Gasteiger partial charge in [0, 0.05) is 13.1 Å². The molecular weight excluding hydrogens is 294 g/mol. The second kappa shape index (κ2) is 6.03. The summed E-state index contributed by atoms with van der Waals surface area (Å²) in [4.78, 5) is 11.1. The Kier molecular flexibility index (Phi) is 4.53. The second-order valence-electron chi connectivity index (χ2n) is 5.17. The fourth-order valence-electron chi connectivity index (χ4n) is 2.47. The third-order valence-electron chi connectivity index (χ3n) is 3.74. The number of aryl methyl sites for hydroxylation is 1. The zero-order valence-corrected chi connectivity index (χ0v) is 12.9. The van der Waals surface area contributed by atoms with E-state index in [4.69, 9.17) is 9.84 Å². The minimum atomic E-state index is -3.66. The lowest BCUT2D eigenvalue weighted by Crippen LogP contribution is -2.40. The Labute approximate surface area is 124 Å². The molecule has 2 rings (SSSR count). The molecule has 1 fully saturated rings. The smallest absolute Gasteiger partial charge is 0.306 e. The average molecular weight is 313 g/mol. The predicted octanol–water partition coefficient (Wildman–Crippen LogP) is 1.49. The molecule has 116 valence electrons. The van der Waals surface area contributed by atoms with Crippen molar-refractivity contribution in [1.82, 2.24) is 4.31 Å². The van der Waals surface area contributed by atoms with Crippen LogP contribution in [0.5, 0.6) is 5.75 Å². The number of carboxylic acids is 1. The van der Waals surface area contributed by atoms with Gasteiger partial charge < -0.3 is 9.84 Å². The van der Waals surface area contributed by atoms with Crippen molar-refractivity contribution in [3.63, 3.8) is 0 Å². The van der Waals surface area contributed by atoms with E-state index in [0.29, 0.717) is 18.6 Å². The number of hydrogen-bond donors (Lipinski definition) is 1. The fourth-order valence-corrected chi connectivity index (χ4v) is 4.18. The van der Waals surface area contributed by atoms with Gasteiger partial charge in [-0.05, 0) is 37.5 Å². The zero-order chi connectivity index (χ0) is 15.6. The van der Waals surface area contributed by atoms with Crippen molar-refractivity contribution in [2.24, 2.45) is 5.92 Å². The van der Waals surface area contributed by atoms with E-state index in [1.165, 1.54) is 11.4 Å². The van der Waals surface area contributed by atoms with Gasteiger partial charge in [-0.15, -0.1) is 0 Å². The van der Waals surface area contributed by atoms with Gasteiger partial charge in [0.05, 0.1) is 13.0 Å². The molecule has 21 heavy (non-hydrogen) atoms. The van der Waals surface area contributed by atoms with E-state index in [-0.39, 0.29) is 18.0 Å². The van der Waals surface area contributed by atoms with Gasteiger partial charge in [0.15, 0.2) is 0 Å². The summed E-state index contributed by atoms with van der Waals surface area (Å²) >= 11 is 0. The Hall–Kier alpha value is -1.60. The maximum atomic E-state index is 12.7. The van der Waals surface area contributed by atoms with E-state index < -0.39 is 21.9 Å². The first-order valence-corrected chi connectivity index (χ1v) is 8.18.